The molecule has 3 heterocycles. The smallest absolute Gasteiger partial charge is 0.338 e. The maximum absolute atomic E-state index is 13.5. The lowest BCUT2D eigenvalue weighted by Crippen LogP contribution is -2.49. The number of nitrogens with zero attached hydrogens (tertiary/aromatic N) is 2. The zero-order valence-corrected chi connectivity index (χ0v) is 24.0. The van der Waals surface area contributed by atoms with Crippen LogP contribution in [0.3, 0.4) is 0 Å². The predicted molar refractivity (Wildman–Crippen MR) is 158 cm³/mol. The van der Waals surface area contributed by atoms with Crippen LogP contribution < -0.4 is 9.47 Å². The van der Waals surface area contributed by atoms with Crippen molar-refractivity contribution in [2.75, 3.05) is 13.7 Å². The van der Waals surface area contributed by atoms with Gasteiger partial charge in [-0.3, -0.25) is 4.79 Å². The molecule has 2 aliphatic rings. The van der Waals surface area contributed by atoms with Crippen molar-refractivity contribution in [2.45, 2.75) is 61.7 Å². The Bertz CT molecular complexity index is 1520. The molecular weight excluding hydrogens is 538 g/mol. The summed E-state index contributed by atoms with van der Waals surface area (Å²) >= 11 is 1.63. The number of ether oxygens (including phenoxy) is 3. The van der Waals surface area contributed by atoms with Gasteiger partial charge < -0.3 is 24.1 Å². The molecular formula is C32H33N3O5S. The highest BCUT2D eigenvalue weighted by Gasteiger charge is 2.44. The van der Waals surface area contributed by atoms with Crippen LogP contribution in [-0.4, -0.2) is 58.6 Å². The minimum atomic E-state index is -0.330. The summed E-state index contributed by atoms with van der Waals surface area (Å²) < 4.78 is 16.6. The number of carbonyl (C=O) groups is 2. The third kappa shape index (κ3) is 5.91. The average molecular weight is 572 g/mol. The van der Waals surface area contributed by atoms with Crippen molar-refractivity contribution < 1.29 is 23.8 Å². The number of hydrogen-bond acceptors (Lipinski definition) is 7. The minimum Gasteiger partial charge on any atom is -0.497 e. The van der Waals surface area contributed by atoms with E-state index in [9.17, 15) is 9.59 Å². The number of methoxy groups -OCH3 is 1. The van der Waals surface area contributed by atoms with Gasteiger partial charge in [-0.2, -0.15) is 0 Å². The SMILES string of the molecule is CCOC(=O)c1ccc(OC2C[C@H]3CC[C@@H](C2)N3C(=O)c2ccc(CSc3nc4ccc(OC)cc4[nH]3)cc2)cc1. The Balaban J connectivity index is 1.04. The van der Waals surface area contributed by atoms with Gasteiger partial charge in [0.25, 0.3) is 5.91 Å². The van der Waals surface area contributed by atoms with Gasteiger partial charge in [0.1, 0.15) is 17.6 Å². The summed E-state index contributed by atoms with van der Waals surface area (Å²) in [6.07, 6.45) is 3.65. The van der Waals surface area contributed by atoms with Gasteiger partial charge in [-0.15, -0.1) is 0 Å². The van der Waals surface area contributed by atoms with Crippen LogP contribution in [0.5, 0.6) is 11.5 Å². The molecule has 1 N–H and O–H groups in total. The number of fused-ring (bicyclic) bond motifs is 3. The standard InChI is InChI=1S/C32H33N3O5S/c1-3-39-31(37)22-8-12-25(13-9-22)40-27-16-23-10-11-24(17-27)35(23)30(36)21-6-4-20(5-7-21)19-41-32-33-28-15-14-26(38-2)18-29(28)34-32/h4-9,12-15,18,23-24,27H,3,10-11,16-17,19H2,1-2H3,(H,33,34)/t23-,24+,27?. The van der Waals surface area contributed by atoms with Gasteiger partial charge in [-0.25, -0.2) is 9.78 Å². The molecule has 0 radical (unpaired) electrons. The number of benzene rings is 3. The Morgan fingerprint density at radius 3 is 2.32 bits per heavy atom. The summed E-state index contributed by atoms with van der Waals surface area (Å²) in [5.41, 5.74) is 4.22. The van der Waals surface area contributed by atoms with E-state index in [4.69, 9.17) is 14.2 Å². The lowest BCUT2D eigenvalue weighted by molar-refractivity contribution is 0.0359. The Morgan fingerprint density at radius 1 is 0.951 bits per heavy atom. The number of rotatable bonds is 9. The normalized spacial score (nSPS) is 19.8. The average Bonchev–Trinajstić information content (AvgIpc) is 3.53. The van der Waals surface area contributed by atoms with Crippen molar-refractivity contribution in [1.82, 2.24) is 14.9 Å². The van der Waals surface area contributed by atoms with Crippen LogP contribution in [0.2, 0.25) is 0 Å². The highest BCUT2D eigenvalue weighted by molar-refractivity contribution is 7.98. The van der Waals surface area contributed by atoms with Crippen molar-refractivity contribution >= 4 is 34.7 Å². The van der Waals surface area contributed by atoms with Crippen molar-refractivity contribution in [3.63, 3.8) is 0 Å². The Kier molecular flexibility index (Phi) is 7.87. The quantitative estimate of drug-likeness (QED) is 0.187. The lowest BCUT2D eigenvalue weighted by Gasteiger charge is -2.39. The van der Waals surface area contributed by atoms with Crippen LogP contribution in [0.1, 0.15) is 58.9 Å². The molecule has 2 aliphatic heterocycles. The van der Waals surface area contributed by atoms with Crippen LogP contribution in [0.25, 0.3) is 11.0 Å². The summed E-state index contributed by atoms with van der Waals surface area (Å²) in [6.45, 7) is 2.14. The number of imidazole rings is 1. The van der Waals surface area contributed by atoms with Crippen LogP contribution in [0.15, 0.2) is 71.9 Å². The van der Waals surface area contributed by atoms with Crippen molar-refractivity contribution in [3.05, 3.63) is 83.4 Å². The number of esters is 1. The molecule has 0 saturated carbocycles. The van der Waals surface area contributed by atoms with Gasteiger partial charge in [-0.05, 0) is 73.9 Å². The van der Waals surface area contributed by atoms with Crippen LogP contribution in [-0.2, 0) is 10.5 Å². The first kappa shape index (κ1) is 27.2. The second-order valence-electron chi connectivity index (χ2n) is 10.5. The summed E-state index contributed by atoms with van der Waals surface area (Å²) in [4.78, 5) is 35.5. The maximum atomic E-state index is 13.5. The Hall–Kier alpha value is -3.98. The number of piperidine rings is 1. The van der Waals surface area contributed by atoms with E-state index in [0.717, 1.165) is 70.3 Å². The van der Waals surface area contributed by atoms with E-state index in [1.807, 2.05) is 54.6 Å². The van der Waals surface area contributed by atoms with E-state index >= 15 is 0 Å². The first-order valence-corrected chi connectivity index (χ1v) is 15.0. The number of amides is 1. The monoisotopic (exact) mass is 571 g/mol. The zero-order chi connectivity index (χ0) is 28.3. The molecule has 1 unspecified atom stereocenters. The van der Waals surface area contributed by atoms with Crippen LogP contribution in [0, 0.1) is 0 Å². The third-order valence-corrected chi connectivity index (χ3v) is 8.78. The molecule has 6 rings (SSSR count). The second kappa shape index (κ2) is 11.9. The number of aromatic nitrogens is 2. The van der Waals surface area contributed by atoms with Crippen LogP contribution >= 0.6 is 11.8 Å². The maximum Gasteiger partial charge on any atom is 0.338 e. The number of nitrogens with one attached hydrogen (secondary N) is 1. The molecule has 9 heteroatoms. The van der Waals surface area contributed by atoms with Crippen molar-refractivity contribution in [2.24, 2.45) is 0 Å². The molecule has 41 heavy (non-hydrogen) atoms. The van der Waals surface area contributed by atoms with Gasteiger partial charge in [0, 0.05) is 42.3 Å². The Morgan fingerprint density at radius 2 is 1.63 bits per heavy atom. The fraction of sp³-hybridized carbons (Fsp3) is 0.344. The van der Waals surface area contributed by atoms with E-state index < -0.39 is 0 Å². The second-order valence-corrected chi connectivity index (χ2v) is 11.4. The largest absolute Gasteiger partial charge is 0.497 e. The molecule has 1 aromatic heterocycles. The van der Waals surface area contributed by atoms with E-state index in [0.29, 0.717) is 12.2 Å². The summed E-state index contributed by atoms with van der Waals surface area (Å²) in [5, 5.41) is 0.852. The molecule has 2 fully saturated rings. The third-order valence-electron chi connectivity index (χ3n) is 7.84. The van der Waals surface area contributed by atoms with Gasteiger partial charge in [0.15, 0.2) is 5.16 Å². The molecule has 3 atom stereocenters. The van der Waals surface area contributed by atoms with E-state index in [1.54, 1.807) is 37.9 Å². The summed E-state index contributed by atoms with van der Waals surface area (Å²) in [6, 6.07) is 21.2. The molecule has 0 spiro atoms. The molecule has 8 nitrogen and oxygen atoms in total. The Labute approximate surface area is 243 Å². The first-order valence-electron chi connectivity index (χ1n) is 14.0. The van der Waals surface area contributed by atoms with E-state index in [1.165, 1.54) is 0 Å². The fourth-order valence-electron chi connectivity index (χ4n) is 5.84. The number of carbonyl (C=O) groups excluding carboxylic acids is 2. The molecule has 1 amide bonds. The molecule has 0 aliphatic carbocycles. The number of thioether (sulfide) groups is 1. The van der Waals surface area contributed by atoms with Gasteiger partial charge in [0.2, 0.25) is 0 Å². The summed E-state index contributed by atoms with van der Waals surface area (Å²) in [7, 11) is 1.65. The molecule has 2 bridgehead atoms. The summed E-state index contributed by atoms with van der Waals surface area (Å²) in [5.74, 6) is 2.05. The van der Waals surface area contributed by atoms with E-state index in [-0.39, 0.29) is 30.1 Å². The highest BCUT2D eigenvalue weighted by atomic mass is 32.2. The number of H-pyrrole nitrogens is 1. The van der Waals surface area contributed by atoms with Gasteiger partial charge in [0.05, 0.1) is 30.3 Å². The number of aromatic amines is 1. The van der Waals surface area contributed by atoms with Gasteiger partial charge >= 0.3 is 5.97 Å². The molecule has 3 aromatic carbocycles. The topological polar surface area (TPSA) is 93.8 Å². The lowest BCUT2D eigenvalue weighted by atomic mass is 9.98. The fourth-order valence-corrected chi connectivity index (χ4v) is 6.68. The van der Waals surface area contributed by atoms with Crippen LogP contribution in [0.4, 0.5) is 0 Å². The van der Waals surface area contributed by atoms with Crippen molar-refractivity contribution in [1.29, 1.82) is 0 Å². The minimum absolute atomic E-state index is 0.0451. The highest BCUT2D eigenvalue weighted by Crippen LogP contribution is 2.38. The zero-order valence-electron chi connectivity index (χ0n) is 23.2. The van der Waals surface area contributed by atoms with Gasteiger partial charge in [-0.1, -0.05) is 23.9 Å². The molecule has 212 valence electrons. The molecule has 2 saturated heterocycles. The predicted octanol–water partition coefficient (Wildman–Crippen LogP) is 6.26. The van der Waals surface area contributed by atoms with Crippen molar-refractivity contribution in [3.8, 4) is 11.5 Å². The number of hydrogen-bond donors (Lipinski definition) is 1. The first-order chi connectivity index (χ1) is 20.0. The molecule has 4 aromatic rings. The van der Waals surface area contributed by atoms with E-state index in [2.05, 4.69) is 14.9 Å².